The molecule has 0 fully saturated rings. The largest absolute Gasteiger partial charge is 0.366 e. The molecule has 5 rings (SSSR count). The van der Waals surface area contributed by atoms with Crippen LogP contribution in [0.2, 0.25) is 0 Å². The van der Waals surface area contributed by atoms with E-state index < -0.39 is 5.91 Å². The molecule has 1 aliphatic rings. The molecular weight excluding hydrogens is 434 g/mol. The number of rotatable bonds is 6. The Bertz CT molecular complexity index is 1450. The number of nitrogens with two attached hydrogens (primary N) is 1. The Morgan fingerprint density at radius 2 is 1.97 bits per heavy atom. The van der Waals surface area contributed by atoms with E-state index in [0.29, 0.717) is 52.9 Å². The predicted octanol–water partition coefficient (Wildman–Crippen LogP) is 2.69. The quantitative estimate of drug-likeness (QED) is 0.296. The van der Waals surface area contributed by atoms with Gasteiger partial charge in [0.05, 0.1) is 28.5 Å². The summed E-state index contributed by atoms with van der Waals surface area (Å²) in [7, 11) is 0. The number of fused-ring (bicyclic) bond motifs is 2. The van der Waals surface area contributed by atoms with E-state index in [1.54, 1.807) is 24.7 Å². The van der Waals surface area contributed by atoms with Gasteiger partial charge in [-0.15, -0.1) is 0 Å². The average molecular weight is 457 g/mol. The molecule has 1 aliphatic heterocycles. The van der Waals surface area contributed by atoms with Crippen molar-refractivity contribution in [2.45, 2.75) is 20.3 Å². The molecule has 0 radical (unpaired) electrons. The third-order valence-electron chi connectivity index (χ3n) is 5.41. The number of aromatic amines is 2. The zero-order chi connectivity index (χ0) is 23.8. The van der Waals surface area contributed by atoms with Crippen LogP contribution >= 0.6 is 0 Å². The Kier molecular flexibility index (Phi) is 5.28. The van der Waals surface area contributed by atoms with Crippen LogP contribution < -0.4 is 16.4 Å². The maximum atomic E-state index is 12.1. The molecule has 0 atom stereocenters. The summed E-state index contributed by atoms with van der Waals surface area (Å²) < 4.78 is 0. The number of hydrogen-bond acceptors (Lipinski definition) is 7. The Morgan fingerprint density at radius 3 is 2.76 bits per heavy atom. The summed E-state index contributed by atoms with van der Waals surface area (Å²) in [6.45, 7) is 4.45. The third kappa shape index (κ3) is 3.98. The van der Waals surface area contributed by atoms with Gasteiger partial charge in [-0.2, -0.15) is 5.10 Å². The molecule has 0 aromatic carbocycles. The maximum Gasteiger partial charge on any atom is 0.250 e. The lowest BCUT2D eigenvalue weighted by molar-refractivity contribution is -0.117. The minimum atomic E-state index is -0.524. The standard InChI is InChI=1S/C23H23N9O2/c1-11(2)5-17(33)28-14-6-12(8-25-10-14)13-7-16-19(31-32-21(16)27-9-13)23-29-18-15(20(24)34)3-4-26-22(18)30-23/h3,6-11,26H,4-5H2,1-2H3,(H2,24,34)(H,28,33)(H,29,30)(H,27,31,32). The number of H-pyrrole nitrogens is 2. The van der Waals surface area contributed by atoms with Gasteiger partial charge in [0.25, 0.3) is 5.91 Å². The van der Waals surface area contributed by atoms with E-state index in [0.717, 1.165) is 16.5 Å². The molecule has 11 heteroatoms. The van der Waals surface area contributed by atoms with Crippen LogP contribution in [0.3, 0.4) is 0 Å². The van der Waals surface area contributed by atoms with Crippen molar-refractivity contribution < 1.29 is 9.59 Å². The highest BCUT2D eigenvalue weighted by molar-refractivity contribution is 6.20. The molecule has 0 bridgehead atoms. The van der Waals surface area contributed by atoms with E-state index in [2.05, 4.69) is 40.8 Å². The number of primary amides is 1. The van der Waals surface area contributed by atoms with Gasteiger partial charge >= 0.3 is 0 Å². The second-order valence-corrected chi connectivity index (χ2v) is 8.47. The van der Waals surface area contributed by atoms with Gasteiger partial charge in [0, 0.05) is 36.5 Å². The zero-order valence-corrected chi connectivity index (χ0v) is 18.6. The minimum absolute atomic E-state index is 0.0561. The minimum Gasteiger partial charge on any atom is -0.366 e. The number of hydrogen-bond donors (Lipinski definition) is 5. The predicted molar refractivity (Wildman–Crippen MR) is 128 cm³/mol. The van der Waals surface area contributed by atoms with Crippen LogP contribution in [-0.2, 0) is 9.59 Å². The molecule has 2 amide bonds. The number of imidazole rings is 1. The summed E-state index contributed by atoms with van der Waals surface area (Å²) in [5.41, 5.74) is 9.78. The number of amides is 2. The van der Waals surface area contributed by atoms with Crippen molar-refractivity contribution in [2.75, 3.05) is 17.2 Å². The molecule has 0 saturated carbocycles. The second-order valence-electron chi connectivity index (χ2n) is 8.47. The van der Waals surface area contributed by atoms with Crippen LogP contribution in [0, 0.1) is 5.92 Å². The Labute approximate surface area is 194 Å². The Hall–Kier alpha value is -4.54. The van der Waals surface area contributed by atoms with Crippen LogP contribution in [0.1, 0.15) is 26.0 Å². The SMILES string of the molecule is CC(C)CC(=O)Nc1cncc(-c2cnc3n[nH]c(-c4nc5c([nH]4)C(C(N)=O)=CCN5)c3c2)c1. The summed E-state index contributed by atoms with van der Waals surface area (Å²) in [5, 5.41) is 14.0. The zero-order valence-electron chi connectivity index (χ0n) is 18.6. The smallest absolute Gasteiger partial charge is 0.250 e. The van der Waals surface area contributed by atoms with Gasteiger partial charge in [-0.25, -0.2) is 9.97 Å². The topological polar surface area (TPSA) is 167 Å². The van der Waals surface area contributed by atoms with Crippen molar-refractivity contribution in [1.29, 1.82) is 0 Å². The number of pyridine rings is 2. The molecular formula is C23H23N9O2. The lowest BCUT2D eigenvalue weighted by Crippen LogP contribution is -2.18. The van der Waals surface area contributed by atoms with Gasteiger partial charge in [-0.3, -0.25) is 19.7 Å². The van der Waals surface area contributed by atoms with Crippen molar-refractivity contribution in [2.24, 2.45) is 11.7 Å². The molecule has 6 N–H and O–H groups in total. The van der Waals surface area contributed by atoms with E-state index in [1.807, 2.05) is 26.0 Å². The highest BCUT2D eigenvalue weighted by Crippen LogP contribution is 2.32. The first-order chi connectivity index (χ1) is 16.4. The Balaban J connectivity index is 1.50. The normalized spacial score (nSPS) is 12.9. The first kappa shape index (κ1) is 21.3. The van der Waals surface area contributed by atoms with E-state index in [4.69, 9.17) is 5.73 Å². The summed E-state index contributed by atoms with van der Waals surface area (Å²) in [6.07, 6.45) is 7.18. The third-order valence-corrected chi connectivity index (χ3v) is 5.41. The molecule has 172 valence electrons. The first-order valence-corrected chi connectivity index (χ1v) is 10.8. The summed E-state index contributed by atoms with van der Waals surface area (Å²) in [4.78, 5) is 40.4. The van der Waals surface area contributed by atoms with Gasteiger partial charge < -0.3 is 21.4 Å². The molecule has 0 saturated heterocycles. The van der Waals surface area contributed by atoms with Crippen molar-refractivity contribution in [3.05, 3.63) is 42.5 Å². The molecule has 4 aromatic heterocycles. The summed E-state index contributed by atoms with van der Waals surface area (Å²) in [6, 6.07) is 3.78. The highest BCUT2D eigenvalue weighted by Gasteiger charge is 2.23. The van der Waals surface area contributed by atoms with Gasteiger partial charge in [-0.05, 0) is 18.1 Å². The maximum absolute atomic E-state index is 12.1. The number of nitrogens with zero attached hydrogens (tertiary/aromatic N) is 4. The summed E-state index contributed by atoms with van der Waals surface area (Å²) >= 11 is 0. The average Bonchev–Trinajstić information content (AvgIpc) is 3.41. The van der Waals surface area contributed by atoms with Crippen LogP contribution in [0.15, 0.2) is 36.8 Å². The summed E-state index contributed by atoms with van der Waals surface area (Å²) in [5.74, 6) is 0.732. The lowest BCUT2D eigenvalue weighted by atomic mass is 10.1. The molecule has 0 spiro atoms. The molecule has 5 heterocycles. The molecule has 0 aliphatic carbocycles. The van der Waals surface area contributed by atoms with E-state index in [1.165, 1.54) is 0 Å². The van der Waals surface area contributed by atoms with Gasteiger partial charge in [0.2, 0.25) is 5.91 Å². The van der Waals surface area contributed by atoms with E-state index in [9.17, 15) is 9.59 Å². The molecule has 11 nitrogen and oxygen atoms in total. The second kappa shape index (κ2) is 8.43. The van der Waals surface area contributed by atoms with Gasteiger partial charge in [0.1, 0.15) is 5.69 Å². The Morgan fingerprint density at radius 1 is 1.15 bits per heavy atom. The molecule has 34 heavy (non-hydrogen) atoms. The number of nitrogens with one attached hydrogen (secondary N) is 4. The van der Waals surface area contributed by atoms with Crippen molar-refractivity contribution in [3.63, 3.8) is 0 Å². The van der Waals surface area contributed by atoms with Crippen molar-refractivity contribution in [3.8, 4) is 22.6 Å². The number of anilines is 2. The fourth-order valence-electron chi connectivity index (χ4n) is 3.88. The number of carbonyl (C=O) groups is 2. The number of aromatic nitrogens is 6. The van der Waals surface area contributed by atoms with E-state index >= 15 is 0 Å². The highest BCUT2D eigenvalue weighted by atomic mass is 16.2. The van der Waals surface area contributed by atoms with Crippen LogP contribution in [-0.4, -0.2) is 48.5 Å². The number of carbonyl (C=O) groups excluding carboxylic acids is 2. The van der Waals surface area contributed by atoms with Crippen molar-refractivity contribution in [1.82, 2.24) is 30.1 Å². The van der Waals surface area contributed by atoms with Crippen LogP contribution in [0.4, 0.5) is 11.5 Å². The van der Waals surface area contributed by atoms with E-state index in [-0.39, 0.29) is 11.8 Å². The molecule has 0 unspecified atom stereocenters. The fraction of sp³-hybridized carbons (Fsp3) is 0.217. The first-order valence-electron chi connectivity index (χ1n) is 10.8. The van der Waals surface area contributed by atoms with Crippen LogP contribution in [0.25, 0.3) is 39.3 Å². The lowest BCUT2D eigenvalue weighted by Gasteiger charge is -2.10. The monoisotopic (exact) mass is 457 g/mol. The van der Waals surface area contributed by atoms with Crippen LogP contribution in [0.5, 0.6) is 0 Å². The molecule has 4 aromatic rings. The van der Waals surface area contributed by atoms with Gasteiger partial charge in [-0.1, -0.05) is 19.9 Å². The fourth-order valence-corrected chi connectivity index (χ4v) is 3.88. The van der Waals surface area contributed by atoms with Gasteiger partial charge in [0.15, 0.2) is 17.3 Å². The van der Waals surface area contributed by atoms with Crippen molar-refractivity contribution >= 4 is 39.9 Å².